The van der Waals surface area contributed by atoms with Gasteiger partial charge in [0.2, 0.25) is 0 Å². The van der Waals surface area contributed by atoms with Crippen LogP contribution in [0, 0.1) is 10.1 Å². The molecule has 0 fully saturated rings. The van der Waals surface area contributed by atoms with Gasteiger partial charge in [0, 0.05) is 23.4 Å². The fraction of sp³-hybridized carbons (Fsp3) is 0.0476. The molecule has 0 aliphatic heterocycles. The Morgan fingerprint density at radius 2 is 1.61 bits per heavy atom. The molecular formula is C21H16N2O5. The van der Waals surface area contributed by atoms with E-state index in [1.165, 1.54) is 30.3 Å². The molecule has 28 heavy (non-hydrogen) atoms. The summed E-state index contributed by atoms with van der Waals surface area (Å²) in [6.45, 7) is -0.0764. The number of nitrogens with one attached hydrogen (secondary N) is 1. The summed E-state index contributed by atoms with van der Waals surface area (Å²) in [6.07, 6.45) is 0. The van der Waals surface area contributed by atoms with E-state index in [2.05, 4.69) is 5.32 Å². The van der Waals surface area contributed by atoms with Crippen LogP contribution < -0.4 is 5.32 Å². The van der Waals surface area contributed by atoms with Crippen LogP contribution in [0.25, 0.3) is 0 Å². The van der Waals surface area contributed by atoms with Crippen LogP contribution in [0.4, 0.5) is 11.4 Å². The van der Waals surface area contributed by atoms with Crippen LogP contribution in [0.1, 0.15) is 26.3 Å². The first-order chi connectivity index (χ1) is 13.5. The van der Waals surface area contributed by atoms with E-state index in [0.29, 0.717) is 22.4 Å². The first-order valence-electron chi connectivity index (χ1n) is 8.40. The number of nitrogens with zero attached hydrogens (tertiary/aromatic N) is 1. The number of nitro benzene ring substituents is 1. The fourth-order valence-corrected chi connectivity index (χ4v) is 2.47. The average Bonchev–Trinajstić information content (AvgIpc) is 2.73. The lowest BCUT2D eigenvalue weighted by atomic mass is 10.2. The molecule has 0 aliphatic carbocycles. The molecule has 7 nitrogen and oxygen atoms in total. The minimum Gasteiger partial charge on any atom is -0.457 e. The molecule has 0 spiro atoms. The van der Waals surface area contributed by atoms with E-state index in [9.17, 15) is 19.7 Å². The highest BCUT2D eigenvalue weighted by Crippen LogP contribution is 2.16. The van der Waals surface area contributed by atoms with Gasteiger partial charge in [0.05, 0.1) is 10.5 Å². The van der Waals surface area contributed by atoms with Crippen molar-refractivity contribution in [1.82, 2.24) is 0 Å². The monoisotopic (exact) mass is 376 g/mol. The first-order valence-corrected chi connectivity index (χ1v) is 8.40. The van der Waals surface area contributed by atoms with Crippen LogP contribution in [0.2, 0.25) is 0 Å². The Morgan fingerprint density at radius 1 is 0.893 bits per heavy atom. The van der Waals surface area contributed by atoms with Gasteiger partial charge in [-0.2, -0.15) is 0 Å². The van der Waals surface area contributed by atoms with Crippen LogP contribution in [-0.2, 0) is 11.3 Å². The molecular weight excluding hydrogens is 360 g/mol. The van der Waals surface area contributed by atoms with Crippen molar-refractivity contribution >= 4 is 23.3 Å². The van der Waals surface area contributed by atoms with Crippen molar-refractivity contribution in [3.8, 4) is 0 Å². The summed E-state index contributed by atoms with van der Waals surface area (Å²) in [5, 5.41) is 13.5. The van der Waals surface area contributed by atoms with Crippen LogP contribution in [0.3, 0.4) is 0 Å². The van der Waals surface area contributed by atoms with Crippen molar-refractivity contribution in [2.75, 3.05) is 5.32 Å². The van der Waals surface area contributed by atoms with Gasteiger partial charge in [0.25, 0.3) is 11.6 Å². The van der Waals surface area contributed by atoms with Crippen LogP contribution in [0.5, 0.6) is 0 Å². The molecule has 0 aromatic heterocycles. The number of rotatable bonds is 6. The summed E-state index contributed by atoms with van der Waals surface area (Å²) in [7, 11) is 0. The number of esters is 1. The van der Waals surface area contributed by atoms with Gasteiger partial charge >= 0.3 is 5.97 Å². The zero-order valence-electron chi connectivity index (χ0n) is 14.7. The van der Waals surface area contributed by atoms with E-state index in [1.54, 1.807) is 42.5 Å². The van der Waals surface area contributed by atoms with Gasteiger partial charge < -0.3 is 10.1 Å². The number of hydrogen-bond acceptors (Lipinski definition) is 5. The van der Waals surface area contributed by atoms with E-state index in [0.717, 1.165) is 0 Å². The SMILES string of the molecule is O=C(Nc1ccc(C(=O)OCc2cccc([N+](=O)[O-])c2)cc1)c1ccccc1. The molecule has 0 heterocycles. The molecule has 1 amide bonds. The molecule has 0 aliphatic rings. The molecule has 0 radical (unpaired) electrons. The molecule has 3 rings (SSSR count). The van der Waals surface area contributed by atoms with Crippen molar-refractivity contribution in [2.45, 2.75) is 6.61 Å². The Bertz CT molecular complexity index is 1000. The minimum atomic E-state index is -0.563. The Morgan fingerprint density at radius 3 is 2.29 bits per heavy atom. The van der Waals surface area contributed by atoms with E-state index in [-0.39, 0.29) is 18.2 Å². The molecule has 0 unspecified atom stereocenters. The summed E-state index contributed by atoms with van der Waals surface area (Å²) in [5.41, 5.74) is 1.84. The second-order valence-electron chi connectivity index (χ2n) is 5.90. The number of carbonyl (C=O) groups is 2. The molecule has 0 saturated heterocycles. The maximum atomic E-state index is 12.1. The summed E-state index contributed by atoms with van der Waals surface area (Å²) in [4.78, 5) is 34.5. The zero-order chi connectivity index (χ0) is 19.9. The van der Waals surface area contributed by atoms with Crippen molar-refractivity contribution in [3.63, 3.8) is 0 Å². The van der Waals surface area contributed by atoms with Crippen LogP contribution in [0.15, 0.2) is 78.9 Å². The van der Waals surface area contributed by atoms with Crippen LogP contribution >= 0.6 is 0 Å². The molecule has 140 valence electrons. The second kappa shape index (κ2) is 8.59. The summed E-state index contributed by atoms with van der Waals surface area (Å²) in [5.74, 6) is -0.811. The number of hydrogen-bond donors (Lipinski definition) is 1. The van der Waals surface area contributed by atoms with Gasteiger partial charge in [-0.1, -0.05) is 30.3 Å². The number of benzene rings is 3. The Kier molecular flexibility index (Phi) is 5.76. The van der Waals surface area contributed by atoms with E-state index >= 15 is 0 Å². The molecule has 3 aromatic carbocycles. The van der Waals surface area contributed by atoms with Crippen molar-refractivity contribution in [1.29, 1.82) is 0 Å². The topological polar surface area (TPSA) is 98.5 Å². The highest BCUT2D eigenvalue weighted by Gasteiger charge is 2.11. The van der Waals surface area contributed by atoms with Gasteiger partial charge in [-0.15, -0.1) is 0 Å². The lowest BCUT2D eigenvalue weighted by Crippen LogP contribution is -2.12. The van der Waals surface area contributed by atoms with Gasteiger partial charge in [0.15, 0.2) is 0 Å². The quantitative estimate of drug-likeness (QED) is 0.395. The molecule has 0 bridgehead atoms. The minimum absolute atomic E-state index is 0.0629. The van der Waals surface area contributed by atoms with Crippen LogP contribution in [-0.4, -0.2) is 16.8 Å². The number of nitro groups is 1. The van der Waals surface area contributed by atoms with Gasteiger partial charge in [-0.05, 0) is 42.0 Å². The normalized spacial score (nSPS) is 10.1. The molecule has 0 saturated carbocycles. The predicted molar refractivity (Wildman–Crippen MR) is 103 cm³/mol. The van der Waals surface area contributed by atoms with Gasteiger partial charge in [-0.3, -0.25) is 14.9 Å². The molecule has 7 heteroatoms. The van der Waals surface area contributed by atoms with E-state index < -0.39 is 10.9 Å². The van der Waals surface area contributed by atoms with E-state index in [4.69, 9.17) is 4.74 Å². The maximum Gasteiger partial charge on any atom is 0.338 e. The smallest absolute Gasteiger partial charge is 0.338 e. The van der Waals surface area contributed by atoms with Gasteiger partial charge in [0.1, 0.15) is 6.61 Å². The summed E-state index contributed by atoms with van der Waals surface area (Å²) < 4.78 is 5.19. The average molecular weight is 376 g/mol. The standard InChI is InChI=1S/C21H16N2O5/c24-20(16-6-2-1-3-7-16)22-18-11-9-17(10-12-18)21(25)28-14-15-5-4-8-19(13-15)23(26)27/h1-13H,14H2,(H,22,24). The highest BCUT2D eigenvalue weighted by atomic mass is 16.6. The Hall–Kier alpha value is -4.00. The maximum absolute atomic E-state index is 12.1. The molecule has 1 N–H and O–H groups in total. The van der Waals surface area contributed by atoms with Crippen molar-refractivity contribution < 1.29 is 19.2 Å². The summed E-state index contributed by atoms with van der Waals surface area (Å²) in [6, 6.07) is 21.0. The third-order valence-corrected chi connectivity index (χ3v) is 3.91. The van der Waals surface area contributed by atoms with Crippen molar-refractivity contribution in [3.05, 3.63) is 106 Å². The van der Waals surface area contributed by atoms with Crippen molar-refractivity contribution in [2.24, 2.45) is 0 Å². The lowest BCUT2D eigenvalue weighted by Gasteiger charge is -2.07. The zero-order valence-corrected chi connectivity index (χ0v) is 14.7. The predicted octanol–water partition coefficient (Wildman–Crippen LogP) is 4.20. The second-order valence-corrected chi connectivity index (χ2v) is 5.90. The number of ether oxygens (including phenoxy) is 1. The third kappa shape index (κ3) is 4.79. The summed E-state index contributed by atoms with van der Waals surface area (Å²) >= 11 is 0. The molecule has 0 atom stereocenters. The first kappa shape index (κ1) is 18.8. The lowest BCUT2D eigenvalue weighted by molar-refractivity contribution is -0.384. The Labute approximate surface area is 160 Å². The van der Waals surface area contributed by atoms with E-state index in [1.807, 2.05) is 6.07 Å². The highest BCUT2D eigenvalue weighted by molar-refractivity contribution is 6.04. The number of amides is 1. The third-order valence-electron chi connectivity index (χ3n) is 3.91. The number of anilines is 1. The number of carbonyl (C=O) groups excluding carboxylic acids is 2. The van der Waals surface area contributed by atoms with Gasteiger partial charge in [-0.25, -0.2) is 4.79 Å². The number of non-ortho nitro benzene ring substituents is 1. The largest absolute Gasteiger partial charge is 0.457 e. The molecule has 3 aromatic rings. The fourth-order valence-electron chi connectivity index (χ4n) is 2.47. The Balaban J connectivity index is 1.58.